The van der Waals surface area contributed by atoms with E-state index in [1.165, 1.54) is 6.07 Å². The monoisotopic (exact) mass is 555 g/mol. The van der Waals surface area contributed by atoms with Gasteiger partial charge in [0.05, 0.1) is 10.5 Å². The number of sulfone groups is 1. The Morgan fingerprint density at radius 3 is 2.46 bits per heavy atom. The molecule has 2 aromatic rings. The molecule has 2 fully saturated rings. The number of benzene rings is 2. The third-order valence-corrected chi connectivity index (χ3v) is 12.0. The quantitative estimate of drug-likeness (QED) is 0.210. The molecule has 0 unspecified atom stereocenters. The van der Waals surface area contributed by atoms with Gasteiger partial charge in [-0.25, -0.2) is 17.1 Å². The molecule has 0 N–H and O–H groups in total. The number of nitrogens with zero attached hydrogens (tertiary/aromatic N) is 1. The predicted octanol–water partition coefficient (Wildman–Crippen LogP) is 7.56. The Balaban J connectivity index is 1.84. The molecule has 0 bridgehead atoms. The molecular formula is C28H33F4NO2S2. The van der Waals surface area contributed by atoms with Gasteiger partial charge in [0.15, 0.2) is 9.84 Å². The zero-order valence-electron chi connectivity index (χ0n) is 21.3. The summed E-state index contributed by atoms with van der Waals surface area (Å²) in [4.78, 5) is -0.214. The highest BCUT2D eigenvalue weighted by Crippen LogP contribution is 2.55. The van der Waals surface area contributed by atoms with Gasteiger partial charge in [0.2, 0.25) is 0 Å². The molecule has 0 spiro atoms. The highest BCUT2D eigenvalue weighted by molar-refractivity contribution is 7.97. The maximum Gasteiger partial charge on any atom is 0.416 e. The molecule has 2 aliphatic rings. The zero-order chi connectivity index (χ0) is 27.2. The van der Waals surface area contributed by atoms with Crippen LogP contribution in [0.15, 0.2) is 60.0 Å². The first-order chi connectivity index (χ1) is 17.3. The summed E-state index contributed by atoms with van der Waals surface area (Å²) in [5, 5.41) is 0.271. The largest absolute Gasteiger partial charge is 0.416 e. The summed E-state index contributed by atoms with van der Waals surface area (Å²) in [6, 6.07) is 8.19. The lowest BCUT2D eigenvalue weighted by molar-refractivity contribution is -0.137. The van der Waals surface area contributed by atoms with Crippen LogP contribution in [0.5, 0.6) is 0 Å². The lowest BCUT2D eigenvalue weighted by Gasteiger charge is -2.52. The van der Waals surface area contributed by atoms with Gasteiger partial charge < -0.3 is 0 Å². The molecule has 9 heteroatoms. The van der Waals surface area contributed by atoms with Gasteiger partial charge in [0.1, 0.15) is 10.6 Å². The van der Waals surface area contributed by atoms with Gasteiger partial charge in [-0.15, -0.1) is 6.58 Å². The first-order valence-electron chi connectivity index (χ1n) is 12.5. The fourth-order valence-corrected chi connectivity index (χ4v) is 9.62. The smallest absolute Gasteiger partial charge is 0.243 e. The maximum absolute atomic E-state index is 15.5. The van der Waals surface area contributed by atoms with Crippen LogP contribution in [0, 0.1) is 24.6 Å². The first-order valence-corrected chi connectivity index (χ1v) is 14.8. The summed E-state index contributed by atoms with van der Waals surface area (Å²) in [7, 11) is -4.25. The van der Waals surface area contributed by atoms with Crippen LogP contribution in [0.25, 0.3) is 0 Å². The molecule has 0 amide bonds. The molecule has 1 saturated carbocycles. The highest BCUT2D eigenvalue weighted by atomic mass is 32.2. The average Bonchev–Trinajstić information content (AvgIpc) is 2.84. The normalized spacial score (nSPS) is 27.2. The van der Waals surface area contributed by atoms with Crippen LogP contribution >= 0.6 is 11.9 Å². The lowest BCUT2D eigenvalue weighted by atomic mass is 9.71. The van der Waals surface area contributed by atoms with E-state index >= 15 is 4.39 Å². The highest BCUT2D eigenvalue weighted by Gasteiger charge is 2.55. The second-order valence-electron chi connectivity index (χ2n) is 10.6. The number of fused-ring (bicyclic) bond motifs is 1. The standard InChI is InChI=1S/C28H33F4NO2S2/c1-5-14-33-25-12-13-27(23-15-19(4)6-11-24(23)29,17-20(25)16-26(36-33)18(2)3)37(34,35)22-9-7-21(8-10-22)28(30,31)32/h5-11,15,18,20,25-26H,1,12-14,16-17H2,2-4H3/t20-,25+,26+,27-/m1/s1. The zero-order valence-corrected chi connectivity index (χ0v) is 22.9. The van der Waals surface area contributed by atoms with E-state index in [0.29, 0.717) is 18.9 Å². The van der Waals surface area contributed by atoms with Gasteiger partial charge in [-0.2, -0.15) is 13.2 Å². The van der Waals surface area contributed by atoms with E-state index in [1.54, 1.807) is 31.0 Å². The molecular weight excluding hydrogens is 522 g/mol. The van der Waals surface area contributed by atoms with E-state index in [2.05, 4.69) is 24.7 Å². The Labute approximate surface area is 221 Å². The molecule has 1 aliphatic heterocycles. The van der Waals surface area contributed by atoms with Crippen molar-refractivity contribution in [3.63, 3.8) is 0 Å². The van der Waals surface area contributed by atoms with Gasteiger partial charge in [0.25, 0.3) is 0 Å². The van der Waals surface area contributed by atoms with Crippen molar-refractivity contribution in [3.8, 4) is 0 Å². The fraction of sp³-hybridized carbons (Fsp3) is 0.500. The van der Waals surface area contributed by atoms with E-state index in [0.717, 1.165) is 36.2 Å². The van der Waals surface area contributed by atoms with Crippen molar-refractivity contribution in [3.05, 3.63) is 77.6 Å². The minimum atomic E-state index is -4.58. The minimum absolute atomic E-state index is 0.0218. The second-order valence-corrected chi connectivity index (χ2v) is 14.1. The molecule has 1 aliphatic carbocycles. The van der Waals surface area contributed by atoms with E-state index in [1.807, 2.05) is 6.08 Å². The number of hydrogen-bond acceptors (Lipinski definition) is 4. The molecule has 202 valence electrons. The second kappa shape index (κ2) is 10.4. The van der Waals surface area contributed by atoms with Crippen molar-refractivity contribution in [2.75, 3.05) is 6.54 Å². The van der Waals surface area contributed by atoms with E-state index in [-0.39, 0.29) is 40.5 Å². The number of alkyl halides is 3. The third kappa shape index (κ3) is 5.23. The van der Waals surface area contributed by atoms with Crippen LogP contribution in [0.1, 0.15) is 56.2 Å². The van der Waals surface area contributed by atoms with Crippen LogP contribution < -0.4 is 0 Å². The first kappa shape index (κ1) is 28.2. The van der Waals surface area contributed by atoms with Gasteiger partial charge in [-0.05, 0) is 74.8 Å². The van der Waals surface area contributed by atoms with E-state index in [4.69, 9.17) is 0 Å². The molecule has 4 atom stereocenters. The molecule has 1 heterocycles. The van der Waals surface area contributed by atoms with Crippen molar-refractivity contribution in [1.82, 2.24) is 4.31 Å². The molecule has 4 rings (SSSR count). The van der Waals surface area contributed by atoms with Crippen LogP contribution in [-0.4, -0.2) is 30.6 Å². The van der Waals surface area contributed by atoms with Crippen LogP contribution in [0.2, 0.25) is 0 Å². The number of halogens is 4. The summed E-state index contributed by atoms with van der Waals surface area (Å²) in [6.45, 7) is 10.6. The number of aryl methyl sites for hydroxylation is 1. The Morgan fingerprint density at radius 1 is 1.19 bits per heavy atom. The minimum Gasteiger partial charge on any atom is -0.243 e. The molecule has 0 radical (unpaired) electrons. The number of hydrogen-bond donors (Lipinski definition) is 0. The molecule has 3 nitrogen and oxygen atoms in total. The summed E-state index contributed by atoms with van der Waals surface area (Å²) < 4.78 is 84.4. The summed E-state index contributed by atoms with van der Waals surface area (Å²) in [5.41, 5.74) is -0.0800. The van der Waals surface area contributed by atoms with Gasteiger partial charge in [-0.1, -0.05) is 49.6 Å². The topological polar surface area (TPSA) is 37.4 Å². The molecule has 0 aromatic heterocycles. The molecule has 37 heavy (non-hydrogen) atoms. The van der Waals surface area contributed by atoms with Gasteiger partial charge in [0, 0.05) is 23.4 Å². The predicted molar refractivity (Wildman–Crippen MR) is 140 cm³/mol. The van der Waals surface area contributed by atoms with Gasteiger partial charge in [-0.3, -0.25) is 0 Å². The maximum atomic E-state index is 15.5. The third-order valence-electron chi connectivity index (χ3n) is 7.83. The Kier molecular flexibility index (Phi) is 7.90. The van der Waals surface area contributed by atoms with E-state index in [9.17, 15) is 21.6 Å². The fourth-order valence-electron chi connectivity index (χ4n) is 5.86. The van der Waals surface area contributed by atoms with Crippen LogP contribution in [-0.2, 0) is 20.8 Å². The van der Waals surface area contributed by atoms with Crippen molar-refractivity contribution < 1.29 is 26.0 Å². The lowest BCUT2D eigenvalue weighted by Crippen LogP contribution is -2.53. The van der Waals surface area contributed by atoms with Gasteiger partial charge >= 0.3 is 6.18 Å². The molecule has 2 aromatic carbocycles. The van der Waals surface area contributed by atoms with Crippen molar-refractivity contribution in [1.29, 1.82) is 0 Å². The summed E-state index contributed by atoms with van der Waals surface area (Å²) >= 11 is 1.79. The van der Waals surface area contributed by atoms with E-state index < -0.39 is 32.1 Å². The Hall–Kier alpha value is -1.84. The van der Waals surface area contributed by atoms with Crippen LogP contribution in [0.4, 0.5) is 17.6 Å². The average molecular weight is 556 g/mol. The Bertz CT molecular complexity index is 1240. The Morgan fingerprint density at radius 2 is 1.86 bits per heavy atom. The summed E-state index contributed by atoms with van der Waals surface area (Å²) in [5.74, 6) is -0.267. The number of rotatable bonds is 6. The van der Waals surface area contributed by atoms with Crippen LogP contribution in [0.3, 0.4) is 0 Å². The molecule has 1 saturated heterocycles. The van der Waals surface area contributed by atoms with Crippen molar-refractivity contribution in [2.45, 2.75) is 73.6 Å². The van der Waals surface area contributed by atoms with Crippen molar-refractivity contribution >= 4 is 21.8 Å². The summed E-state index contributed by atoms with van der Waals surface area (Å²) in [6.07, 6.45) is -1.03. The van der Waals surface area contributed by atoms with Crippen molar-refractivity contribution in [2.24, 2.45) is 11.8 Å². The SMILES string of the molecule is C=CCN1S[C@H](C(C)C)C[C@@H]2C[C@](c3cc(C)ccc3F)(S(=O)(=O)c3ccc(C(F)(F)F)cc3)CC[C@@H]21.